The minimum Gasteiger partial charge on any atom is -0.368 e. The van der Waals surface area contributed by atoms with Crippen molar-refractivity contribution >= 4 is 5.95 Å². The summed E-state index contributed by atoms with van der Waals surface area (Å²) in [6.07, 6.45) is 10.2. The predicted molar refractivity (Wildman–Crippen MR) is 111 cm³/mol. The lowest BCUT2D eigenvalue weighted by Gasteiger charge is -2.39. The van der Waals surface area contributed by atoms with Gasteiger partial charge in [0.15, 0.2) is 5.82 Å². The first-order valence-electron chi connectivity index (χ1n) is 9.93. The molecule has 152 valence electrons. The fraction of sp³-hybridized carbons (Fsp3) is 0.286. The molecule has 1 saturated carbocycles. The van der Waals surface area contributed by atoms with E-state index in [1.165, 1.54) is 5.56 Å². The van der Waals surface area contributed by atoms with E-state index < -0.39 is 0 Å². The zero-order valence-electron chi connectivity index (χ0n) is 16.4. The van der Waals surface area contributed by atoms with Crippen molar-refractivity contribution < 1.29 is 4.52 Å². The van der Waals surface area contributed by atoms with Crippen LogP contribution in [0.2, 0.25) is 0 Å². The molecule has 0 radical (unpaired) electrons. The summed E-state index contributed by atoms with van der Waals surface area (Å²) < 4.78 is 7.35. The third-order valence-electron chi connectivity index (χ3n) is 5.74. The Kier molecular flexibility index (Phi) is 4.51. The van der Waals surface area contributed by atoms with Crippen LogP contribution in [0.25, 0.3) is 22.6 Å². The van der Waals surface area contributed by atoms with Gasteiger partial charge >= 0.3 is 0 Å². The lowest BCUT2D eigenvalue weighted by atomic mass is 9.64. The van der Waals surface area contributed by atoms with Crippen molar-refractivity contribution in [1.29, 1.82) is 0 Å². The van der Waals surface area contributed by atoms with Gasteiger partial charge in [0.1, 0.15) is 0 Å². The van der Waals surface area contributed by atoms with Gasteiger partial charge in [-0.15, -0.1) is 0 Å². The van der Waals surface area contributed by atoms with Gasteiger partial charge < -0.3 is 16.0 Å². The minimum atomic E-state index is -0.217. The summed E-state index contributed by atoms with van der Waals surface area (Å²) in [7, 11) is 0. The Balaban J connectivity index is 1.43. The number of hydrogen-bond acceptors (Lipinski definition) is 8. The molecule has 3 heterocycles. The normalized spacial score (nSPS) is 15.1. The van der Waals surface area contributed by atoms with Crippen LogP contribution in [0.5, 0.6) is 0 Å². The predicted octanol–water partition coefficient (Wildman–Crippen LogP) is 2.40. The quantitative estimate of drug-likeness (QED) is 0.502. The number of aromatic nitrogens is 6. The zero-order valence-corrected chi connectivity index (χ0v) is 16.4. The number of nitrogens with zero attached hydrogens (tertiary/aromatic N) is 6. The molecule has 3 aromatic heterocycles. The van der Waals surface area contributed by atoms with Crippen molar-refractivity contribution in [3.05, 3.63) is 60.4 Å². The van der Waals surface area contributed by atoms with Crippen molar-refractivity contribution in [2.75, 3.05) is 12.3 Å². The second-order valence-electron chi connectivity index (χ2n) is 7.55. The maximum atomic E-state index is 5.59. The third-order valence-corrected chi connectivity index (χ3v) is 5.74. The molecule has 0 saturated heterocycles. The topological polar surface area (TPSA) is 135 Å². The van der Waals surface area contributed by atoms with E-state index in [4.69, 9.17) is 21.0 Å². The average Bonchev–Trinajstić information content (AvgIpc) is 3.39. The van der Waals surface area contributed by atoms with E-state index in [2.05, 4.69) is 44.5 Å². The molecule has 4 N–H and O–H groups in total. The summed E-state index contributed by atoms with van der Waals surface area (Å²) in [4.78, 5) is 12.9. The van der Waals surface area contributed by atoms with E-state index in [1.807, 2.05) is 6.20 Å². The molecule has 9 nitrogen and oxygen atoms in total. The number of benzene rings is 1. The van der Waals surface area contributed by atoms with Crippen LogP contribution < -0.4 is 11.5 Å². The van der Waals surface area contributed by atoms with Crippen molar-refractivity contribution in [3.63, 3.8) is 0 Å². The van der Waals surface area contributed by atoms with Crippen LogP contribution in [-0.4, -0.2) is 36.4 Å². The van der Waals surface area contributed by atoms with Crippen LogP contribution in [0.4, 0.5) is 5.95 Å². The number of nitrogen functional groups attached to an aromatic ring is 1. The van der Waals surface area contributed by atoms with Gasteiger partial charge in [-0.3, -0.25) is 4.68 Å². The minimum absolute atomic E-state index is 0.217. The molecule has 0 bridgehead atoms. The summed E-state index contributed by atoms with van der Waals surface area (Å²) in [5.74, 6) is 1.47. The monoisotopic (exact) mass is 402 g/mol. The molecule has 0 aliphatic heterocycles. The Hall–Kier alpha value is -3.59. The van der Waals surface area contributed by atoms with Gasteiger partial charge in [-0.05, 0) is 24.0 Å². The van der Waals surface area contributed by atoms with E-state index >= 15 is 0 Å². The lowest BCUT2D eigenvalue weighted by Crippen LogP contribution is -2.36. The van der Waals surface area contributed by atoms with Gasteiger partial charge in [-0.1, -0.05) is 35.8 Å². The Bertz CT molecular complexity index is 1140. The molecule has 1 aliphatic rings. The van der Waals surface area contributed by atoms with Crippen LogP contribution in [0.3, 0.4) is 0 Å². The number of anilines is 1. The van der Waals surface area contributed by atoms with E-state index in [9.17, 15) is 0 Å². The van der Waals surface area contributed by atoms with Gasteiger partial charge in [0, 0.05) is 30.7 Å². The molecule has 9 heteroatoms. The summed E-state index contributed by atoms with van der Waals surface area (Å²) >= 11 is 0. The molecule has 0 atom stereocenters. The molecular weight excluding hydrogens is 380 g/mol. The molecule has 1 aliphatic carbocycles. The van der Waals surface area contributed by atoms with Crippen molar-refractivity contribution in [3.8, 4) is 22.6 Å². The summed E-state index contributed by atoms with van der Waals surface area (Å²) in [6, 6.07) is 8.39. The molecule has 1 fully saturated rings. The van der Waals surface area contributed by atoms with Gasteiger partial charge in [0.25, 0.3) is 5.89 Å². The Morgan fingerprint density at radius 2 is 1.77 bits per heavy atom. The standard InChI is InChI=1S/C21H22N8O/c22-8-9-29-13-16(12-26-29)18-27-19(28-30-18)21(6-1-7-21)17-4-2-14(3-5-17)15-10-24-20(23)25-11-15/h2-5,10-13H,1,6-9,22H2,(H2,23,24,25). The van der Waals surface area contributed by atoms with E-state index in [-0.39, 0.29) is 11.4 Å². The summed E-state index contributed by atoms with van der Waals surface area (Å²) in [5, 5.41) is 8.61. The average molecular weight is 402 g/mol. The second-order valence-corrected chi connectivity index (χ2v) is 7.55. The van der Waals surface area contributed by atoms with Gasteiger partial charge in [0.2, 0.25) is 5.95 Å². The molecular formula is C21H22N8O. The molecule has 30 heavy (non-hydrogen) atoms. The first kappa shape index (κ1) is 18.4. The van der Waals surface area contributed by atoms with Crippen LogP contribution in [-0.2, 0) is 12.0 Å². The van der Waals surface area contributed by atoms with E-state index in [1.54, 1.807) is 23.3 Å². The highest BCUT2D eigenvalue weighted by atomic mass is 16.5. The maximum Gasteiger partial charge on any atom is 0.261 e. The molecule has 5 rings (SSSR count). The summed E-state index contributed by atoms with van der Waals surface area (Å²) in [6.45, 7) is 1.17. The van der Waals surface area contributed by atoms with Crippen LogP contribution in [0, 0.1) is 0 Å². The number of nitrogens with two attached hydrogens (primary N) is 2. The molecule has 0 unspecified atom stereocenters. The zero-order chi connectivity index (χ0) is 20.6. The highest BCUT2D eigenvalue weighted by Crippen LogP contribution is 2.48. The van der Waals surface area contributed by atoms with E-state index in [0.29, 0.717) is 19.0 Å². The molecule has 0 amide bonds. The SMILES string of the molecule is NCCn1cc(-c2nc(C3(c4ccc(-c5cnc(N)nc5)cc4)CCC3)no2)cn1. The van der Waals surface area contributed by atoms with Gasteiger partial charge in [-0.2, -0.15) is 10.1 Å². The first-order valence-corrected chi connectivity index (χ1v) is 9.93. The first-order chi connectivity index (χ1) is 14.7. The molecule has 0 spiro atoms. The number of hydrogen-bond donors (Lipinski definition) is 2. The van der Waals surface area contributed by atoms with Crippen LogP contribution in [0.1, 0.15) is 30.7 Å². The third kappa shape index (κ3) is 3.13. The van der Waals surface area contributed by atoms with Crippen molar-refractivity contribution in [2.24, 2.45) is 5.73 Å². The van der Waals surface area contributed by atoms with Crippen molar-refractivity contribution in [2.45, 2.75) is 31.2 Å². The molecule has 1 aromatic carbocycles. The number of rotatable bonds is 6. The fourth-order valence-electron chi connectivity index (χ4n) is 3.90. The van der Waals surface area contributed by atoms with Gasteiger partial charge in [0.05, 0.1) is 23.7 Å². The largest absolute Gasteiger partial charge is 0.368 e. The van der Waals surface area contributed by atoms with Crippen LogP contribution >= 0.6 is 0 Å². The van der Waals surface area contributed by atoms with E-state index in [0.717, 1.165) is 41.8 Å². The highest BCUT2D eigenvalue weighted by molar-refractivity contribution is 5.63. The Morgan fingerprint density at radius 3 is 2.43 bits per heavy atom. The highest BCUT2D eigenvalue weighted by Gasteiger charge is 2.44. The molecule has 4 aromatic rings. The fourth-order valence-corrected chi connectivity index (χ4v) is 3.90. The Morgan fingerprint density at radius 1 is 1.00 bits per heavy atom. The van der Waals surface area contributed by atoms with Crippen LogP contribution in [0.15, 0.2) is 53.6 Å². The summed E-state index contributed by atoms with van der Waals surface area (Å²) in [5.41, 5.74) is 14.9. The Labute approximate surface area is 173 Å². The van der Waals surface area contributed by atoms with Gasteiger partial charge in [-0.25, -0.2) is 9.97 Å². The lowest BCUT2D eigenvalue weighted by molar-refractivity contribution is 0.273. The second kappa shape index (κ2) is 7.34. The van der Waals surface area contributed by atoms with Crippen molar-refractivity contribution in [1.82, 2.24) is 29.9 Å². The maximum absolute atomic E-state index is 5.59. The smallest absolute Gasteiger partial charge is 0.261 e.